The van der Waals surface area contributed by atoms with Crippen LogP contribution in [0.15, 0.2) is 54.7 Å². The van der Waals surface area contributed by atoms with Crippen LogP contribution in [-0.2, 0) is 0 Å². The van der Waals surface area contributed by atoms with Crippen LogP contribution in [0.1, 0.15) is 22.2 Å². The molecule has 0 saturated carbocycles. The molecule has 3 aromatic rings. The number of hydrogen-bond donors (Lipinski definition) is 3. The lowest BCUT2D eigenvalue weighted by molar-refractivity contribution is 0.0911. The van der Waals surface area contributed by atoms with Crippen LogP contribution < -0.4 is 5.32 Å². The SMILES string of the molecule is O=C(NCC(O)c1ccc2ccccc2c1)c1ccn[nH]1. The highest BCUT2D eigenvalue weighted by molar-refractivity contribution is 5.92. The van der Waals surface area contributed by atoms with Crippen molar-refractivity contribution in [2.24, 2.45) is 0 Å². The van der Waals surface area contributed by atoms with Crippen molar-refractivity contribution in [3.05, 3.63) is 66.0 Å². The number of benzene rings is 2. The van der Waals surface area contributed by atoms with Gasteiger partial charge in [0.2, 0.25) is 0 Å². The molecule has 2 aromatic carbocycles. The predicted molar refractivity (Wildman–Crippen MR) is 79.8 cm³/mol. The fourth-order valence-corrected chi connectivity index (χ4v) is 2.20. The molecule has 0 aliphatic carbocycles. The largest absolute Gasteiger partial charge is 0.387 e. The van der Waals surface area contributed by atoms with Crippen molar-refractivity contribution in [1.29, 1.82) is 0 Å². The molecule has 1 heterocycles. The average molecular weight is 281 g/mol. The molecule has 5 heteroatoms. The third-order valence-corrected chi connectivity index (χ3v) is 3.36. The molecule has 3 rings (SSSR count). The maximum Gasteiger partial charge on any atom is 0.269 e. The number of nitrogens with one attached hydrogen (secondary N) is 2. The third kappa shape index (κ3) is 2.93. The number of amides is 1. The van der Waals surface area contributed by atoms with E-state index in [1.165, 1.54) is 6.20 Å². The molecule has 0 bridgehead atoms. The minimum Gasteiger partial charge on any atom is -0.387 e. The van der Waals surface area contributed by atoms with Gasteiger partial charge in [-0.15, -0.1) is 0 Å². The van der Waals surface area contributed by atoms with E-state index >= 15 is 0 Å². The maximum absolute atomic E-state index is 11.8. The van der Waals surface area contributed by atoms with Gasteiger partial charge < -0.3 is 10.4 Å². The minimum atomic E-state index is -0.749. The lowest BCUT2D eigenvalue weighted by Gasteiger charge is -2.12. The van der Waals surface area contributed by atoms with Gasteiger partial charge in [0.1, 0.15) is 5.69 Å². The summed E-state index contributed by atoms with van der Waals surface area (Å²) in [4.78, 5) is 11.8. The minimum absolute atomic E-state index is 0.149. The summed E-state index contributed by atoms with van der Waals surface area (Å²) in [7, 11) is 0. The van der Waals surface area contributed by atoms with E-state index < -0.39 is 6.10 Å². The summed E-state index contributed by atoms with van der Waals surface area (Å²) in [6.07, 6.45) is 0.760. The zero-order chi connectivity index (χ0) is 14.7. The van der Waals surface area contributed by atoms with Crippen LogP contribution in [0.4, 0.5) is 0 Å². The van der Waals surface area contributed by atoms with Crippen LogP contribution in [0.2, 0.25) is 0 Å². The topological polar surface area (TPSA) is 78.0 Å². The van der Waals surface area contributed by atoms with Gasteiger partial charge in [0.25, 0.3) is 5.91 Å². The number of carbonyl (C=O) groups excluding carboxylic acids is 1. The number of rotatable bonds is 4. The molecule has 0 aliphatic heterocycles. The van der Waals surface area contributed by atoms with Crippen molar-refractivity contribution >= 4 is 16.7 Å². The molecule has 1 aromatic heterocycles. The number of aromatic amines is 1. The Kier molecular flexibility index (Phi) is 3.66. The fourth-order valence-electron chi connectivity index (χ4n) is 2.20. The molecule has 1 atom stereocenters. The number of aliphatic hydroxyl groups excluding tert-OH is 1. The zero-order valence-corrected chi connectivity index (χ0v) is 11.3. The predicted octanol–water partition coefficient (Wildman–Crippen LogP) is 2.03. The highest BCUT2D eigenvalue weighted by atomic mass is 16.3. The first kappa shape index (κ1) is 13.3. The Hall–Kier alpha value is -2.66. The molecule has 0 spiro atoms. The first-order valence-electron chi connectivity index (χ1n) is 6.68. The number of fused-ring (bicyclic) bond motifs is 1. The van der Waals surface area contributed by atoms with Gasteiger partial charge in [0.15, 0.2) is 0 Å². The molecule has 106 valence electrons. The van der Waals surface area contributed by atoms with E-state index in [1.807, 2.05) is 42.5 Å². The summed E-state index contributed by atoms with van der Waals surface area (Å²) in [5, 5.41) is 21.3. The second-order valence-electron chi connectivity index (χ2n) is 4.80. The number of carbonyl (C=O) groups is 1. The normalized spacial score (nSPS) is 12.2. The molecular weight excluding hydrogens is 266 g/mol. The van der Waals surface area contributed by atoms with Crippen molar-refractivity contribution in [2.45, 2.75) is 6.10 Å². The van der Waals surface area contributed by atoms with E-state index in [-0.39, 0.29) is 12.5 Å². The molecule has 21 heavy (non-hydrogen) atoms. The maximum atomic E-state index is 11.8. The lowest BCUT2D eigenvalue weighted by atomic mass is 10.0. The highest BCUT2D eigenvalue weighted by Crippen LogP contribution is 2.20. The van der Waals surface area contributed by atoms with Crippen molar-refractivity contribution < 1.29 is 9.90 Å². The van der Waals surface area contributed by atoms with Crippen LogP contribution in [-0.4, -0.2) is 27.8 Å². The summed E-state index contributed by atoms with van der Waals surface area (Å²) >= 11 is 0. The van der Waals surface area contributed by atoms with Crippen molar-refractivity contribution in [1.82, 2.24) is 15.5 Å². The fraction of sp³-hybridized carbons (Fsp3) is 0.125. The van der Waals surface area contributed by atoms with Gasteiger partial charge in [-0.25, -0.2) is 0 Å². The van der Waals surface area contributed by atoms with Crippen LogP contribution in [0, 0.1) is 0 Å². The zero-order valence-electron chi connectivity index (χ0n) is 11.3. The van der Waals surface area contributed by atoms with Gasteiger partial charge in [0, 0.05) is 12.7 Å². The Balaban J connectivity index is 1.69. The Bertz CT molecular complexity index is 753. The standard InChI is InChI=1S/C16H15N3O2/c20-15(10-17-16(21)14-7-8-18-19-14)13-6-5-11-3-1-2-4-12(11)9-13/h1-9,15,20H,10H2,(H,17,21)(H,18,19). The molecule has 1 amide bonds. The number of aliphatic hydroxyl groups is 1. The molecule has 3 N–H and O–H groups in total. The summed E-state index contributed by atoms with van der Waals surface area (Å²) in [5.74, 6) is -0.285. The molecule has 5 nitrogen and oxygen atoms in total. The van der Waals surface area contributed by atoms with E-state index in [9.17, 15) is 9.90 Å². The van der Waals surface area contributed by atoms with E-state index in [2.05, 4.69) is 15.5 Å². The summed E-state index contributed by atoms with van der Waals surface area (Å²) < 4.78 is 0. The monoisotopic (exact) mass is 281 g/mol. The van der Waals surface area contributed by atoms with Gasteiger partial charge in [-0.1, -0.05) is 36.4 Å². The van der Waals surface area contributed by atoms with Gasteiger partial charge >= 0.3 is 0 Å². The average Bonchev–Trinajstić information content (AvgIpc) is 3.06. The molecule has 0 radical (unpaired) electrons. The molecular formula is C16H15N3O2. The van der Waals surface area contributed by atoms with E-state index in [0.29, 0.717) is 5.69 Å². The second kappa shape index (κ2) is 5.76. The van der Waals surface area contributed by atoms with Gasteiger partial charge in [0.05, 0.1) is 6.10 Å². The first-order chi connectivity index (χ1) is 10.2. The first-order valence-corrected chi connectivity index (χ1v) is 6.68. The van der Waals surface area contributed by atoms with Crippen molar-refractivity contribution in [2.75, 3.05) is 6.54 Å². The summed E-state index contributed by atoms with van der Waals surface area (Å²) in [5.41, 5.74) is 1.15. The third-order valence-electron chi connectivity index (χ3n) is 3.36. The van der Waals surface area contributed by atoms with Crippen molar-refractivity contribution in [3.8, 4) is 0 Å². The van der Waals surface area contributed by atoms with Crippen molar-refractivity contribution in [3.63, 3.8) is 0 Å². The summed E-state index contributed by atoms with van der Waals surface area (Å²) in [6.45, 7) is 0.149. The van der Waals surface area contributed by atoms with Crippen LogP contribution in [0.5, 0.6) is 0 Å². The highest BCUT2D eigenvalue weighted by Gasteiger charge is 2.11. The second-order valence-corrected chi connectivity index (χ2v) is 4.80. The molecule has 0 aliphatic rings. The molecule has 0 fully saturated rings. The Morgan fingerprint density at radius 2 is 2.00 bits per heavy atom. The quantitative estimate of drug-likeness (QED) is 0.684. The Morgan fingerprint density at radius 3 is 2.76 bits per heavy atom. The van der Waals surface area contributed by atoms with Gasteiger partial charge in [-0.05, 0) is 28.5 Å². The van der Waals surface area contributed by atoms with Crippen LogP contribution >= 0.6 is 0 Å². The molecule has 1 unspecified atom stereocenters. The number of H-pyrrole nitrogens is 1. The van der Waals surface area contributed by atoms with E-state index in [1.54, 1.807) is 6.07 Å². The number of aromatic nitrogens is 2. The Labute approximate surface area is 121 Å². The van der Waals surface area contributed by atoms with E-state index in [0.717, 1.165) is 16.3 Å². The van der Waals surface area contributed by atoms with Crippen LogP contribution in [0.25, 0.3) is 10.8 Å². The smallest absolute Gasteiger partial charge is 0.269 e. The van der Waals surface area contributed by atoms with Gasteiger partial charge in [-0.3, -0.25) is 9.89 Å². The molecule has 0 saturated heterocycles. The number of hydrogen-bond acceptors (Lipinski definition) is 3. The van der Waals surface area contributed by atoms with Crippen LogP contribution in [0.3, 0.4) is 0 Å². The summed E-state index contributed by atoms with van der Waals surface area (Å²) in [6, 6.07) is 15.3. The Morgan fingerprint density at radius 1 is 1.19 bits per heavy atom. The van der Waals surface area contributed by atoms with E-state index in [4.69, 9.17) is 0 Å². The lowest BCUT2D eigenvalue weighted by Crippen LogP contribution is -2.28. The number of nitrogens with zero attached hydrogens (tertiary/aromatic N) is 1. The van der Waals surface area contributed by atoms with Gasteiger partial charge in [-0.2, -0.15) is 5.10 Å².